The molecule has 2 aromatic rings. The van der Waals surface area contributed by atoms with Gasteiger partial charge < -0.3 is 0 Å². The molecule has 0 amide bonds. The first kappa shape index (κ1) is 13.9. The van der Waals surface area contributed by atoms with Crippen molar-refractivity contribution in [3.63, 3.8) is 0 Å². The van der Waals surface area contributed by atoms with Crippen LogP contribution in [-0.4, -0.2) is 4.98 Å². The van der Waals surface area contributed by atoms with Crippen LogP contribution < -0.4 is 0 Å². The van der Waals surface area contributed by atoms with Crippen LogP contribution in [0.3, 0.4) is 0 Å². The Bertz CT molecular complexity index is 498. The van der Waals surface area contributed by atoms with E-state index in [0.29, 0.717) is 0 Å². The van der Waals surface area contributed by atoms with E-state index in [4.69, 9.17) is 0 Å². The molecule has 0 unspecified atom stereocenters. The number of thiazole rings is 1. The van der Waals surface area contributed by atoms with Gasteiger partial charge in [0.25, 0.3) is 0 Å². The van der Waals surface area contributed by atoms with Gasteiger partial charge in [-0.2, -0.15) is 0 Å². The van der Waals surface area contributed by atoms with Crippen LogP contribution in [0, 0.1) is 27.7 Å². The van der Waals surface area contributed by atoms with E-state index in [1.54, 1.807) is 11.3 Å². The SMILES string of the molecule is CC.Cc1nc(-c2ccc(C)c(C)c2)c(C)s1. The molecule has 0 spiro atoms. The fourth-order valence-electron chi connectivity index (χ4n) is 1.69. The monoisotopic (exact) mass is 247 g/mol. The Balaban J connectivity index is 0.000000686. The first-order valence-corrected chi connectivity index (χ1v) is 6.91. The van der Waals surface area contributed by atoms with Gasteiger partial charge in [-0.1, -0.05) is 26.0 Å². The molecule has 1 nitrogen and oxygen atoms in total. The van der Waals surface area contributed by atoms with Crippen LogP contribution in [-0.2, 0) is 0 Å². The van der Waals surface area contributed by atoms with Gasteiger partial charge in [0.1, 0.15) is 0 Å². The smallest absolute Gasteiger partial charge is 0.0904 e. The third kappa shape index (κ3) is 3.16. The predicted molar refractivity (Wildman–Crippen MR) is 77.8 cm³/mol. The first-order chi connectivity index (χ1) is 8.08. The van der Waals surface area contributed by atoms with Gasteiger partial charge in [-0.3, -0.25) is 0 Å². The summed E-state index contributed by atoms with van der Waals surface area (Å²) in [6.45, 7) is 12.5. The van der Waals surface area contributed by atoms with Gasteiger partial charge in [-0.05, 0) is 44.9 Å². The zero-order valence-corrected chi connectivity index (χ0v) is 12.4. The summed E-state index contributed by atoms with van der Waals surface area (Å²) in [5.74, 6) is 0. The van der Waals surface area contributed by atoms with Crippen molar-refractivity contribution in [2.75, 3.05) is 0 Å². The van der Waals surface area contributed by atoms with Crippen molar-refractivity contribution >= 4 is 11.3 Å². The summed E-state index contributed by atoms with van der Waals surface area (Å²) < 4.78 is 0. The van der Waals surface area contributed by atoms with E-state index in [-0.39, 0.29) is 0 Å². The Labute approximate surface area is 109 Å². The number of hydrogen-bond acceptors (Lipinski definition) is 2. The third-order valence-corrected chi connectivity index (χ3v) is 3.57. The molecule has 1 aromatic heterocycles. The second kappa shape index (κ2) is 5.97. The summed E-state index contributed by atoms with van der Waals surface area (Å²) in [5.41, 5.74) is 5.04. The Hall–Kier alpha value is -1.15. The summed E-state index contributed by atoms with van der Waals surface area (Å²) in [6, 6.07) is 6.54. The maximum absolute atomic E-state index is 4.57. The minimum Gasteiger partial charge on any atom is -0.241 e. The molecule has 2 heteroatoms. The van der Waals surface area contributed by atoms with Gasteiger partial charge in [0, 0.05) is 10.4 Å². The van der Waals surface area contributed by atoms with Crippen molar-refractivity contribution in [1.82, 2.24) is 4.98 Å². The van der Waals surface area contributed by atoms with Crippen LogP contribution in [0.1, 0.15) is 34.9 Å². The zero-order chi connectivity index (χ0) is 13.0. The number of nitrogens with zero attached hydrogens (tertiary/aromatic N) is 1. The van der Waals surface area contributed by atoms with E-state index >= 15 is 0 Å². The van der Waals surface area contributed by atoms with E-state index in [1.165, 1.54) is 21.6 Å². The first-order valence-electron chi connectivity index (χ1n) is 6.09. The third-order valence-electron chi connectivity index (χ3n) is 2.68. The number of aromatic nitrogens is 1. The maximum Gasteiger partial charge on any atom is 0.0904 e. The van der Waals surface area contributed by atoms with Gasteiger partial charge in [-0.25, -0.2) is 4.98 Å². The minimum atomic E-state index is 1.14. The molecule has 2 rings (SSSR count). The molecule has 0 saturated heterocycles. The lowest BCUT2D eigenvalue weighted by molar-refractivity contribution is 1.27. The number of rotatable bonds is 1. The van der Waals surface area contributed by atoms with E-state index < -0.39 is 0 Å². The maximum atomic E-state index is 4.57. The molecule has 0 aliphatic heterocycles. The van der Waals surface area contributed by atoms with E-state index in [2.05, 4.69) is 50.9 Å². The van der Waals surface area contributed by atoms with E-state index in [0.717, 1.165) is 10.7 Å². The fraction of sp³-hybridized carbons (Fsp3) is 0.400. The molecule has 0 saturated carbocycles. The van der Waals surface area contributed by atoms with Crippen molar-refractivity contribution in [3.8, 4) is 11.3 Å². The molecule has 17 heavy (non-hydrogen) atoms. The van der Waals surface area contributed by atoms with E-state index in [1.807, 2.05) is 13.8 Å². The van der Waals surface area contributed by atoms with Crippen LogP contribution in [0.5, 0.6) is 0 Å². The van der Waals surface area contributed by atoms with Gasteiger partial charge in [0.05, 0.1) is 10.7 Å². The molecular formula is C15H21NS. The van der Waals surface area contributed by atoms with E-state index in [9.17, 15) is 0 Å². The van der Waals surface area contributed by atoms with Crippen LogP contribution in [0.4, 0.5) is 0 Å². The summed E-state index contributed by atoms with van der Waals surface area (Å²) in [7, 11) is 0. The van der Waals surface area contributed by atoms with Crippen molar-refractivity contribution in [1.29, 1.82) is 0 Å². The average molecular weight is 247 g/mol. The molecule has 0 aliphatic carbocycles. The lowest BCUT2D eigenvalue weighted by atomic mass is 10.0. The highest BCUT2D eigenvalue weighted by Gasteiger charge is 2.07. The van der Waals surface area contributed by atoms with Crippen molar-refractivity contribution in [2.45, 2.75) is 41.5 Å². The van der Waals surface area contributed by atoms with Crippen molar-refractivity contribution in [3.05, 3.63) is 39.2 Å². The molecule has 0 bridgehead atoms. The zero-order valence-electron chi connectivity index (χ0n) is 11.6. The number of benzene rings is 1. The largest absolute Gasteiger partial charge is 0.241 e. The quantitative estimate of drug-likeness (QED) is 0.685. The molecule has 92 valence electrons. The predicted octanol–water partition coefficient (Wildman–Crippen LogP) is 5.07. The summed E-state index contributed by atoms with van der Waals surface area (Å²) in [6.07, 6.45) is 0. The molecular weight excluding hydrogens is 226 g/mol. The Morgan fingerprint density at radius 3 is 2.06 bits per heavy atom. The van der Waals surface area contributed by atoms with Crippen LogP contribution in [0.2, 0.25) is 0 Å². The van der Waals surface area contributed by atoms with Gasteiger partial charge >= 0.3 is 0 Å². The van der Waals surface area contributed by atoms with Crippen LogP contribution >= 0.6 is 11.3 Å². The van der Waals surface area contributed by atoms with Gasteiger partial charge in [-0.15, -0.1) is 11.3 Å². The molecule has 1 aromatic carbocycles. The molecule has 0 N–H and O–H groups in total. The van der Waals surface area contributed by atoms with Gasteiger partial charge in [0.2, 0.25) is 0 Å². The highest BCUT2D eigenvalue weighted by atomic mass is 32.1. The lowest BCUT2D eigenvalue weighted by Gasteiger charge is -2.03. The molecule has 0 atom stereocenters. The van der Waals surface area contributed by atoms with Gasteiger partial charge in [0.15, 0.2) is 0 Å². The lowest BCUT2D eigenvalue weighted by Crippen LogP contribution is -1.85. The molecule has 0 fully saturated rings. The Morgan fingerprint density at radius 2 is 1.59 bits per heavy atom. The minimum absolute atomic E-state index is 1.14. The Kier molecular flexibility index (Phi) is 4.88. The van der Waals surface area contributed by atoms with Crippen LogP contribution in [0.25, 0.3) is 11.3 Å². The average Bonchev–Trinajstić information content (AvgIpc) is 2.65. The number of aryl methyl sites for hydroxylation is 4. The Morgan fingerprint density at radius 1 is 0.941 bits per heavy atom. The highest BCUT2D eigenvalue weighted by molar-refractivity contribution is 7.11. The van der Waals surface area contributed by atoms with Crippen LogP contribution in [0.15, 0.2) is 18.2 Å². The fourth-order valence-corrected chi connectivity index (χ4v) is 2.53. The molecule has 0 radical (unpaired) electrons. The second-order valence-corrected chi connectivity index (χ2v) is 5.34. The molecule has 0 aliphatic rings. The normalized spacial score (nSPS) is 9.76. The summed E-state index contributed by atoms with van der Waals surface area (Å²) in [5, 5.41) is 1.14. The second-order valence-electron chi connectivity index (χ2n) is 3.94. The highest BCUT2D eigenvalue weighted by Crippen LogP contribution is 2.28. The standard InChI is InChI=1S/C13H15NS.C2H6/c1-8-5-6-12(7-9(8)2)13-10(3)15-11(4)14-13;1-2/h5-7H,1-4H3;1-2H3. The summed E-state index contributed by atoms with van der Waals surface area (Å²) >= 11 is 1.76. The van der Waals surface area contributed by atoms with Crippen molar-refractivity contribution < 1.29 is 0 Å². The topological polar surface area (TPSA) is 12.9 Å². The summed E-state index contributed by atoms with van der Waals surface area (Å²) in [4.78, 5) is 5.87. The number of hydrogen-bond donors (Lipinski definition) is 0. The molecule has 1 heterocycles. The van der Waals surface area contributed by atoms with Crippen molar-refractivity contribution in [2.24, 2.45) is 0 Å².